The summed E-state index contributed by atoms with van der Waals surface area (Å²) in [6, 6.07) is 13.0. The van der Waals surface area contributed by atoms with E-state index < -0.39 is 10.8 Å². The highest BCUT2D eigenvalue weighted by Crippen LogP contribution is 2.46. The van der Waals surface area contributed by atoms with E-state index in [0.29, 0.717) is 18.4 Å². The molecule has 1 fully saturated rings. The number of phenols is 2. The van der Waals surface area contributed by atoms with Crippen molar-refractivity contribution >= 4 is 10.8 Å². The maximum absolute atomic E-state index is 12.2. The Hall–Kier alpha value is -2.05. The number of hydrogen-bond acceptors (Lipinski definition) is 5. The molecule has 6 heteroatoms. The first-order chi connectivity index (χ1) is 17.5. The van der Waals surface area contributed by atoms with Crippen molar-refractivity contribution in [3.8, 4) is 17.2 Å². The largest absolute Gasteiger partial charge is 0.508 e. The van der Waals surface area contributed by atoms with Crippen LogP contribution in [0.25, 0.3) is 0 Å². The Morgan fingerprint density at radius 3 is 2.47 bits per heavy atom. The van der Waals surface area contributed by atoms with Crippen molar-refractivity contribution in [3.05, 3.63) is 53.6 Å². The molecule has 2 N–H and O–H groups in total. The van der Waals surface area contributed by atoms with Gasteiger partial charge in [-0.15, -0.1) is 0 Å². The molecule has 5 nitrogen and oxygen atoms in total. The summed E-state index contributed by atoms with van der Waals surface area (Å²) in [4.78, 5) is 2.59. The monoisotopic (exact) mass is 513 g/mol. The number of unbranched alkanes of at least 4 members (excludes halogenated alkanes) is 3. The van der Waals surface area contributed by atoms with E-state index in [9.17, 15) is 14.4 Å². The van der Waals surface area contributed by atoms with Gasteiger partial charge in [0.05, 0.1) is 6.61 Å². The number of hydrogen-bond donors (Lipinski definition) is 2. The van der Waals surface area contributed by atoms with Crippen LogP contribution in [0.2, 0.25) is 0 Å². The predicted octanol–water partition coefficient (Wildman–Crippen LogP) is 6.18. The highest BCUT2D eigenvalue weighted by atomic mass is 32.2. The van der Waals surface area contributed by atoms with Crippen molar-refractivity contribution in [1.82, 2.24) is 4.90 Å². The molecule has 2 aromatic rings. The van der Waals surface area contributed by atoms with Crippen LogP contribution in [-0.4, -0.2) is 57.1 Å². The summed E-state index contributed by atoms with van der Waals surface area (Å²) in [7, 11) is -0.628. The third kappa shape index (κ3) is 7.48. The van der Waals surface area contributed by atoms with Gasteiger partial charge in [0.25, 0.3) is 0 Å². The average molecular weight is 514 g/mol. The average Bonchev–Trinajstić information content (AvgIpc) is 2.88. The molecule has 2 aliphatic rings. The molecule has 0 spiro atoms. The van der Waals surface area contributed by atoms with Crippen LogP contribution >= 0.6 is 0 Å². The number of piperidine rings is 1. The van der Waals surface area contributed by atoms with Gasteiger partial charge in [0.15, 0.2) is 0 Å². The van der Waals surface area contributed by atoms with Crippen LogP contribution in [0, 0.1) is 5.92 Å². The minimum atomic E-state index is -0.628. The van der Waals surface area contributed by atoms with Gasteiger partial charge in [-0.3, -0.25) is 4.21 Å². The maximum atomic E-state index is 12.2. The van der Waals surface area contributed by atoms with E-state index in [4.69, 9.17) is 4.74 Å². The third-order valence-electron chi connectivity index (χ3n) is 7.97. The van der Waals surface area contributed by atoms with Gasteiger partial charge < -0.3 is 19.8 Å². The summed E-state index contributed by atoms with van der Waals surface area (Å²) in [5.41, 5.74) is 2.37. The second-order valence-corrected chi connectivity index (χ2v) is 12.3. The molecule has 2 heterocycles. The second kappa shape index (κ2) is 13.5. The standard InChI is InChI=1S/C30H43NO4S/c1-2-3-19-36(34)22-23-14-17-31(18-15-23)16-6-4-5-7-27-28-13-12-26(33)20-30(28)35-21-29(27)24-8-10-25(32)11-9-24/h8-13,20,23,27,29,32-33H,2-7,14-19,21-22H2,1H3/t27-,29-,36?/m1/s1. The van der Waals surface area contributed by atoms with Gasteiger partial charge in [-0.1, -0.05) is 44.4 Å². The van der Waals surface area contributed by atoms with Crippen LogP contribution in [0.3, 0.4) is 0 Å². The van der Waals surface area contributed by atoms with E-state index in [1.165, 1.54) is 36.8 Å². The van der Waals surface area contributed by atoms with E-state index in [0.717, 1.165) is 62.6 Å². The molecule has 2 aromatic carbocycles. The number of benzene rings is 2. The van der Waals surface area contributed by atoms with E-state index in [1.807, 2.05) is 18.2 Å². The molecule has 2 aliphatic heterocycles. The number of ether oxygens (including phenoxy) is 1. The second-order valence-electron chi connectivity index (χ2n) is 10.6. The van der Waals surface area contributed by atoms with E-state index in [2.05, 4.69) is 11.8 Å². The van der Waals surface area contributed by atoms with Crippen LogP contribution in [0.1, 0.15) is 81.3 Å². The molecule has 198 valence electrons. The molecule has 3 atom stereocenters. The Morgan fingerprint density at radius 1 is 0.972 bits per heavy atom. The Morgan fingerprint density at radius 2 is 1.72 bits per heavy atom. The normalized spacial score (nSPS) is 21.6. The van der Waals surface area contributed by atoms with Crippen molar-refractivity contribution in [1.29, 1.82) is 0 Å². The lowest BCUT2D eigenvalue weighted by atomic mass is 9.77. The van der Waals surface area contributed by atoms with Gasteiger partial charge in [0.2, 0.25) is 0 Å². The number of fused-ring (bicyclic) bond motifs is 1. The lowest BCUT2D eigenvalue weighted by Gasteiger charge is -2.34. The van der Waals surface area contributed by atoms with Gasteiger partial charge in [-0.25, -0.2) is 0 Å². The quantitative estimate of drug-likeness (QED) is 0.332. The zero-order valence-corrected chi connectivity index (χ0v) is 22.6. The number of rotatable bonds is 12. The predicted molar refractivity (Wildman–Crippen MR) is 148 cm³/mol. The van der Waals surface area contributed by atoms with E-state index >= 15 is 0 Å². The fraction of sp³-hybridized carbons (Fsp3) is 0.600. The van der Waals surface area contributed by atoms with Gasteiger partial charge in [-0.2, -0.15) is 0 Å². The van der Waals surface area contributed by atoms with Gasteiger partial charge in [0.1, 0.15) is 17.2 Å². The molecule has 0 bridgehead atoms. The van der Waals surface area contributed by atoms with Crippen LogP contribution in [0.5, 0.6) is 17.2 Å². The first kappa shape index (κ1) is 27.0. The SMILES string of the molecule is CCCCS(=O)CC1CCN(CCCCC[C@@H]2c3ccc(O)cc3OC[C@@H]2c2ccc(O)cc2)CC1. The molecule has 4 rings (SSSR count). The smallest absolute Gasteiger partial charge is 0.126 e. The van der Waals surface area contributed by atoms with Gasteiger partial charge in [0, 0.05) is 34.3 Å². The summed E-state index contributed by atoms with van der Waals surface area (Å²) in [5, 5.41) is 19.6. The molecular weight excluding hydrogens is 470 g/mol. The number of phenolic OH excluding ortho intramolecular Hbond substituents is 2. The van der Waals surface area contributed by atoms with E-state index in [-0.39, 0.29) is 17.4 Å². The lowest BCUT2D eigenvalue weighted by Crippen LogP contribution is -2.36. The number of nitrogens with zero attached hydrogens (tertiary/aromatic N) is 1. The topological polar surface area (TPSA) is 70.0 Å². The molecule has 1 unspecified atom stereocenters. The minimum absolute atomic E-state index is 0.240. The van der Waals surface area contributed by atoms with Gasteiger partial charge >= 0.3 is 0 Å². The molecule has 0 radical (unpaired) electrons. The van der Waals surface area contributed by atoms with Crippen LogP contribution in [0.15, 0.2) is 42.5 Å². The first-order valence-corrected chi connectivity index (χ1v) is 15.3. The first-order valence-electron chi connectivity index (χ1n) is 13.9. The van der Waals surface area contributed by atoms with E-state index in [1.54, 1.807) is 24.3 Å². The molecule has 0 aliphatic carbocycles. The fourth-order valence-corrected chi connectivity index (χ4v) is 7.41. The van der Waals surface area contributed by atoms with Crippen molar-refractivity contribution in [2.75, 3.05) is 37.7 Å². The lowest BCUT2D eigenvalue weighted by molar-refractivity contribution is 0.189. The highest BCUT2D eigenvalue weighted by molar-refractivity contribution is 7.84. The number of aromatic hydroxyl groups is 2. The fourth-order valence-electron chi connectivity index (χ4n) is 5.78. The maximum Gasteiger partial charge on any atom is 0.126 e. The molecule has 0 aromatic heterocycles. The van der Waals surface area contributed by atoms with Crippen molar-refractivity contribution in [2.24, 2.45) is 5.92 Å². The number of likely N-dealkylation sites (tertiary alicyclic amines) is 1. The Kier molecular flexibility index (Phi) is 10.1. The van der Waals surface area contributed by atoms with Crippen molar-refractivity contribution in [3.63, 3.8) is 0 Å². The third-order valence-corrected chi connectivity index (χ3v) is 9.55. The Balaban J connectivity index is 1.24. The Bertz CT molecular complexity index is 971. The summed E-state index contributed by atoms with van der Waals surface area (Å²) >= 11 is 0. The molecule has 0 amide bonds. The zero-order chi connectivity index (χ0) is 25.3. The van der Waals surface area contributed by atoms with Crippen LogP contribution in [-0.2, 0) is 10.8 Å². The molecular formula is C30H43NO4S. The summed E-state index contributed by atoms with van der Waals surface area (Å²) in [6.07, 6.45) is 9.26. The van der Waals surface area contributed by atoms with Gasteiger partial charge in [-0.05, 0) is 92.9 Å². The minimum Gasteiger partial charge on any atom is -0.508 e. The van der Waals surface area contributed by atoms with Crippen LogP contribution < -0.4 is 4.74 Å². The van der Waals surface area contributed by atoms with Crippen molar-refractivity contribution < 1.29 is 19.2 Å². The summed E-state index contributed by atoms with van der Waals surface area (Å²) in [5.74, 6) is 4.33. The molecule has 0 saturated carbocycles. The zero-order valence-electron chi connectivity index (χ0n) is 21.7. The van der Waals surface area contributed by atoms with Crippen molar-refractivity contribution in [2.45, 2.75) is 70.1 Å². The molecule has 36 heavy (non-hydrogen) atoms. The summed E-state index contributed by atoms with van der Waals surface area (Å²) < 4.78 is 18.3. The van der Waals surface area contributed by atoms with Crippen LogP contribution in [0.4, 0.5) is 0 Å². The molecule has 1 saturated heterocycles. The summed E-state index contributed by atoms with van der Waals surface area (Å²) in [6.45, 7) is 6.21. The highest BCUT2D eigenvalue weighted by Gasteiger charge is 2.32. The Labute approximate surface area is 219 Å².